The van der Waals surface area contributed by atoms with E-state index in [9.17, 15) is 14.4 Å². The lowest BCUT2D eigenvalue weighted by Crippen LogP contribution is -2.60. The van der Waals surface area contributed by atoms with Gasteiger partial charge in [-0.25, -0.2) is 0 Å². The number of benzene rings is 1. The number of thiocarbonyl (C=S) groups is 1. The standard InChI is InChI=1S/C20H22N4O3S/c25-16-4-3-15(17(26)22-16)24-18(27)14-9-12(1-2-13(14)19(24)28)23-10-20(11-23)5-7-21-8-6-20/h1-2,9,15,21H,3-8,10-11H2,(H,22,25,26). The maximum Gasteiger partial charge on any atom is 0.260 e. The second-order valence-corrected chi connectivity index (χ2v) is 8.67. The minimum Gasteiger partial charge on any atom is -0.370 e. The summed E-state index contributed by atoms with van der Waals surface area (Å²) in [6, 6.07) is 5.10. The first-order valence-electron chi connectivity index (χ1n) is 9.79. The van der Waals surface area contributed by atoms with Gasteiger partial charge in [-0.15, -0.1) is 0 Å². The molecular formula is C20H22N4O3S. The molecule has 8 heteroatoms. The lowest BCUT2D eigenvalue weighted by Gasteiger charge is -2.53. The molecule has 146 valence electrons. The smallest absolute Gasteiger partial charge is 0.260 e. The van der Waals surface area contributed by atoms with E-state index >= 15 is 0 Å². The fourth-order valence-corrected chi connectivity index (χ4v) is 5.26. The van der Waals surface area contributed by atoms with Gasteiger partial charge in [-0.1, -0.05) is 12.2 Å². The minimum atomic E-state index is -0.712. The Bertz CT molecular complexity index is 901. The fraction of sp³-hybridized carbons (Fsp3) is 0.500. The van der Waals surface area contributed by atoms with Crippen molar-refractivity contribution in [1.82, 2.24) is 15.5 Å². The van der Waals surface area contributed by atoms with Gasteiger partial charge in [0.1, 0.15) is 11.0 Å². The average molecular weight is 398 g/mol. The van der Waals surface area contributed by atoms with Crippen LogP contribution in [0.5, 0.6) is 0 Å². The molecule has 2 N–H and O–H groups in total. The van der Waals surface area contributed by atoms with Gasteiger partial charge in [0, 0.05) is 36.2 Å². The van der Waals surface area contributed by atoms with Gasteiger partial charge in [-0.2, -0.15) is 0 Å². The second-order valence-electron chi connectivity index (χ2n) is 8.28. The Morgan fingerprint density at radius 2 is 1.82 bits per heavy atom. The van der Waals surface area contributed by atoms with Crippen LogP contribution < -0.4 is 15.5 Å². The van der Waals surface area contributed by atoms with E-state index < -0.39 is 11.9 Å². The number of hydrogen-bond acceptors (Lipinski definition) is 6. The number of carbonyl (C=O) groups excluding carboxylic acids is 3. The molecule has 3 fully saturated rings. The molecule has 1 spiro atoms. The number of carbonyl (C=O) groups is 3. The van der Waals surface area contributed by atoms with E-state index in [0.29, 0.717) is 28.0 Å². The third-order valence-corrected chi connectivity index (χ3v) is 6.92. The first kappa shape index (κ1) is 17.8. The largest absolute Gasteiger partial charge is 0.370 e. The Morgan fingerprint density at radius 1 is 1.07 bits per heavy atom. The van der Waals surface area contributed by atoms with Crippen LogP contribution in [0.15, 0.2) is 18.2 Å². The lowest BCUT2D eigenvalue weighted by atomic mass is 9.72. The summed E-state index contributed by atoms with van der Waals surface area (Å²) >= 11 is 5.50. The van der Waals surface area contributed by atoms with Gasteiger partial charge in [-0.05, 0) is 50.6 Å². The highest BCUT2D eigenvalue weighted by Gasteiger charge is 2.45. The lowest BCUT2D eigenvalue weighted by molar-refractivity contribution is -0.135. The Kier molecular flexibility index (Phi) is 4.03. The Labute approximate surface area is 168 Å². The number of imide groups is 1. The molecule has 0 radical (unpaired) electrons. The highest BCUT2D eigenvalue weighted by atomic mass is 32.1. The molecule has 4 aliphatic rings. The van der Waals surface area contributed by atoms with Gasteiger partial charge in [0.15, 0.2) is 0 Å². The molecule has 0 aromatic heterocycles. The van der Waals surface area contributed by atoms with Crippen molar-refractivity contribution < 1.29 is 14.4 Å². The topological polar surface area (TPSA) is 81.8 Å². The minimum absolute atomic E-state index is 0.217. The molecule has 7 nitrogen and oxygen atoms in total. The van der Waals surface area contributed by atoms with Gasteiger partial charge < -0.3 is 10.2 Å². The molecule has 1 aromatic rings. The molecule has 3 saturated heterocycles. The third-order valence-electron chi connectivity index (χ3n) is 6.51. The number of nitrogens with one attached hydrogen (secondary N) is 2. The maximum absolute atomic E-state index is 13.1. The normalized spacial score (nSPS) is 26.4. The summed E-state index contributed by atoms with van der Waals surface area (Å²) in [6.07, 6.45) is 2.91. The summed E-state index contributed by atoms with van der Waals surface area (Å²) in [6.45, 7) is 4.18. The van der Waals surface area contributed by atoms with Gasteiger partial charge in [-0.3, -0.25) is 24.6 Å². The molecule has 1 aromatic carbocycles. The number of amides is 3. The summed E-state index contributed by atoms with van der Waals surface area (Å²) in [5.74, 6) is -0.993. The number of piperidine rings is 2. The second kappa shape index (κ2) is 6.35. The number of rotatable bonds is 2. The van der Waals surface area contributed by atoms with E-state index in [1.165, 1.54) is 17.7 Å². The summed E-state index contributed by atoms with van der Waals surface area (Å²) in [5.41, 5.74) is 2.69. The van der Waals surface area contributed by atoms with Crippen molar-refractivity contribution in [2.24, 2.45) is 5.41 Å². The molecule has 0 bridgehead atoms. The Balaban J connectivity index is 1.36. The molecule has 4 aliphatic heterocycles. The van der Waals surface area contributed by atoms with Crippen LogP contribution in [0.25, 0.3) is 0 Å². The number of anilines is 1. The van der Waals surface area contributed by atoms with E-state index in [4.69, 9.17) is 12.2 Å². The monoisotopic (exact) mass is 398 g/mol. The van der Waals surface area contributed by atoms with Crippen LogP contribution in [0.3, 0.4) is 0 Å². The van der Waals surface area contributed by atoms with Crippen molar-refractivity contribution in [2.75, 3.05) is 31.1 Å². The van der Waals surface area contributed by atoms with Crippen molar-refractivity contribution in [3.8, 4) is 0 Å². The number of fused-ring (bicyclic) bond motifs is 1. The van der Waals surface area contributed by atoms with Gasteiger partial charge in [0.25, 0.3) is 5.91 Å². The van der Waals surface area contributed by atoms with Crippen molar-refractivity contribution in [3.63, 3.8) is 0 Å². The van der Waals surface area contributed by atoms with Crippen molar-refractivity contribution in [2.45, 2.75) is 31.7 Å². The van der Waals surface area contributed by atoms with Crippen LogP contribution in [-0.2, 0) is 9.59 Å². The van der Waals surface area contributed by atoms with E-state index in [-0.39, 0.29) is 18.2 Å². The molecule has 1 atom stereocenters. The summed E-state index contributed by atoms with van der Waals surface area (Å²) in [4.78, 5) is 40.8. The van der Waals surface area contributed by atoms with Crippen LogP contribution in [-0.4, -0.2) is 59.8 Å². The summed E-state index contributed by atoms with van der Waals surface area (Å²) in [7, 11) is 0. The Morgan fingerprint density at radius 3 is 2.54 bits per heavy atom. The fourth-order valence-electron chi connectivity index (χ4n) is 4.88. The van der Waals surface area contributed by atoms with Crippen molar-refractivity contribution >= 4 is 40.6 Å². The van der Waals surface area contributed by atoms with Gasteiger partial charge in [0.2, 0.25) is 11.8 Å². The van der Waals surface area contributed by atoms with Crippen LogP contribution in [0.2, 0.25) is 0 Å². The molecule has 0 saturated carbocycles. The zero-order valence-corrected chi connectivity index (χ0v) is 16.3. The first-order chi connectivity index (χ1) is 13.5. The molecule has 28 heavy (non-hydrogen) atoms. The predicted molar refractivity (Wildman–Crippen MR) is 107 cm³/mol. The van der Waals surface area contributed by atoms with Gasteiger partial charge >= 0.3 is 0 Å². The molecule has 3 amide bonds. The molecule has 1 unspecified atom stereocenters. The summed E-state index contributed by atoms with van der Waals surface area (Å²) < 4.78 is 0. The van der Waals surface area contributed by atoms with Crippen LogP contribution in [0.1, 0.15) is 41.6 Å². The first-order valence-corrected chi connectivity index (χ1v) is 10.2. The zero-order chi connectivity index (χ0) is 19.5. The summed E-state index contributed by atoms with van der Waals surface area (Å²) in [5, 5.41) is 5.72. The molecule has 5 rings (SSSR count). The Hall–Kier alpha value is -2.32. The highest BCUT2D eigenvalue weighted by molar-refractivity contribution is 7.80. The highest BCUT2D eigenvalue weighted by Crippen LogP contribution is 2.42. The van der Waals surface area contributed by atoms with Crippen molar-refractivity contribution in [1.29, 1.82) is 0 Å². The maximum atomic E-state index is 13.1. The molecule has 4 heterocycles. The molecular weight excluding hydrogens is 376 g/mol. The van der Waals surface area contributed by atoms with Crippen LogP contribution in [0, 0.1) is 5.41 Å². The predicted octanol–water partition coefficient (Wildman–Crippen LogP) is 0.813. The van der Waals surface area contributed by atoms with E-state index in [0.717, 1.165) is 31.9 Å². The van der Waals surface area contributed by atoms with Crippen LogP contribution >= 0.6 is 12.2 Å². The average Bonchev–Trinajstić information content (AvgIpc) is 2.91. The van der Waals surface area contributed by atoms with Gasteiger partial charge in [0.05, 0.1) is 5.56 Å². The quantitative estimate of drug-likeness (QED) is 0.567. The number of hydrogen-bond donors (Lipinski definition) is 2. The SMILES string of the molecule is O=C1CCC(N2C(=O)c3cc(N4CC5(CCNCC5)C4)ccc3C2=S)C(=O)N1. The van der Waals surface area contributed by atoms with E-state index in [1.807, 2.05) is 18.2 Å². The third kappa shape index (κ3) is 2.66. The van der Waals surface area contributed by atoms with E-state index in [2.05, 4.69) is 15.5 Å². The van der Waals surface area contributed by atoms with Crippen LogP contribution in [0.4, 0.5) is 5.69 Å². The van der Waals surface area contributed by atoms with Crippen molar-refractivity contribution in [3.05, 3.63) is 29.3 Å². The number of nitrogens with zero attached hydrogens (tertiary/aromatic N) is 2. The molecule has 0 aliphatic carbocycles. The zero-order valence-electron chi connectivity index (χ0n) is 15.5. The van der Waals surface area contributed by atoms with E-state index in [1.54, 1.807) is 0 Å².